The van der Waals surface area contributed by atoms with Crippen molar-refractivity contribution in [1.82, 2.24) is 10.3 Å². The van der Waals surface area contributed by atoms with E-state index in [0.29, 0.717) is 0 Å². The molecule has 2 heterocycles. The Morgan fingerprint density at radius 3 is 2.45 bits per heavy atom. The van der Waals surface area contributed by atoms with Crippen LogP contribution in [-0.4, -0.2) is 47.8 Å². The van der Waals surface area contributed by atoms with Gasteiger partial charge in [-0.1, -0.05) is 45.9 Å². The van der Waals surface area contributed by atoms with E-state index >= 15 is 0 Å². The van der Waals surface area contributed by atoms with Crippen molar-refractivity contribution in [2.75, 3.05) is 24.6 Å². The lowest BCUT2D eigenvalue weighted by Crippen LogP contribution is -2.50. The topological polar surface area (TPSA) is 91.5 Å². The molecule has 2 aromatic rings. The minimum atomic E-state index is -0.853. The molecule has 4 rings (SSSR count). The Balaban J connectivity index is 1.50. The number of amides is 1. The van der Waals surface area contributed by atoms with Gasteiger partial charge in [-0.15, -0.1) is 0 Å². The molecule has 1 aromatic carbocycles. The molecule has 1 aliphatic heterocycles. The van der Waals surface area contributed by atoms with Gasteiger partial charge in [0.25, 0.3) is 0 Å². The van der Waals surface area contributed by atoms with Gasteiger partial charge in [-0.3, -0.25) is 4.79 Å². The third-order valence-electron chi connectivity index (χ3n) is 7.58. The average molecular weight is 451 g/mol. The second kappa shape index (κ2) is 9.07. The van der Waals surface area contributed by atoms with E-state index in [-0.39, 0.29) is 29.4 Å². The summed E-state index contributed by atoms with van der Waals surface area (Å²) in [5.41, 5.74) is 11.1. The Labute approximate surface area is 197 Å². The van der Waals surface area contributed by atoms with E-state index in [1.165, 1.54) is 29.5 Å². The molecule has 1 saturated heterocycles. The summed E-state index contributed by atoms with van der Waals surface area (Å²) in [4.78, 5) is 19.3. The van der Waals surface area contributed by atoms with Crippen LogP contribution in [-0.2, 0) is 15.6 Å². The summed E-state index contributed by atoms with van der Waals surface area (Å²) < 4.78 is 0. The number of piperidine rings is 1. The first-order valence-corrected chi connectivity index (χ1v) is 12.1. The molecule has 0 saturated carbocycles. The maximum Gasteiger partial charge on any atom is 0.239 e. The summed E-state index contributed by atoms with van der Waals surface area (Å²) in [6, 6.07) is 12.4. The van der Waals surface area contributed by atoms with Crippen molar-refractivity contribution in [3.63, 3.8) is 0 Å². The van der Waals surface area contributed by atoms with Crippen LogP contribution < -0.4 is 16.0 Å². The predicted octanol–water partition coefficient (Wildman–Crippen LogP) is 3.50. The summed E-state index contributed by atoms with van der Waals surface area (Å²) in [5.74, 6) is 0.691. The summed E-state index contributed by atoms with van der Waals surface area (Å²) >= 11 is 0. The molecule has 6 nitrogen and oxygen atoms in total. The SMILES string of the molecule is CC1(C)CCC(C)(C)c2cc(-c3cccc(N4CCC(NC(=O)C(N)CO)CC4)n3)ccc21. The van der Waals surface area contributed by atoms with E-state index in [2.05, 4.69) is 74.3 Å². The fourth-order valence-corrected chi connectivity index (χ4v) is 5.15. The third kappa shape index (κ3) is 4.92. The first-order valence-electron chi connectivity index (χ1n) is 12.1. The number of anilines is 1. The number of hydrogen-bond donors (Lipinski definition) is 3. The number of nitrogens with one attached hydrogen (secondary N) is 1. The molecule has 1 aliphatic carbocycles. The van der Waals surface area contributed by atoms with Crippen LogP contribution in [0.5, 0.6) is 0 Å². The summed E-state index contributed by atoms with van der Waals surface area (Å²) in [6.07, 6.45) is 4.07. The number of pyridine rings is 1. The molecule has 1 fully saturated rings. The number of benzene rings is 1. The zero-order valence-electron chi connectivity index (χ0n) is 20.4. The molecule has 6 heteroatoms. The van der Waals surface area contributed by atoms with Crippen LogP contribution >= 0.6 is 0 Å². The van der Waals surface area contributed by atoms with Crippen molar-refractivity contribution in [1.29, 1.82) is 0 Å². The van der Waals surface area contributed by atoms with Crippen molar-refractivity contribution in [2.24, 2.45) is 5.73 Å². The Morgan fingerprint density at radius 2 is 1.79 bits per heavy atom. The maximum atomic E-state index is 12.0. The molecule has 0 radical (unpaired) electrons. The van der Waals surface area contributed by atoms with Gasteiger partial charge in [0, 0.05) is 24.7 Å². The molecule has 2 aliphatic rings. The molecule has 1 aromatic heterocycles. The lowest BCUT2D eigenvalue weighted by molar-refractivity contribution is -0.124. The standard InChI is InChI=1S/C27H38N4O2/c1-26(2)12-13-27(3,4)21-16-18(8-9-20(21)26)23-6-5-7-24(30-23)31-14-10-19(11-15-31)29-25(33)22(28)17-32/h5-9,16,19,22,32H,10-15,17,28H2,1-4H3,(H,29,33). The van der Waals surface area contributed by atoms with Crippen LogP contribution in [0.4, 0.5) is 5.82 Å². The highest BCUT2D eigenvalue weighted by molar-refractivity contribution is 5.81. The van der Waals surface area contributed by atoms with Gasteiger partial charge < -0.3 is 21.1 Å². The van der Waals surface area contributed by atoms with Gasteiger partial charge in [-0.25, -0.2) is 4.98 Å². The van der Waals surface area contributed by atoms with Gasteiger partial charge in [-0.2, -0.15) is 0 Å². The zero-order valence-corrected chi connectivity index (χ0v) is 20.4. The van der Waals surface area contributed by atoms with Crippen molar-refractivity contribution >= 4 is 11.7 Å². The number of carbonyl (C=O) groups excluding carboxylic acids is 1. The molecular weight excluding hydrogens is 412 g/mol. The average Bonchev–Trinajstić information content (AvgIpc) is 2.82. The van der Waals surface area contributed by atoms with Gasteiger partial charge in [-0.05, 0) is 65.8 Å². The monoisotopic (exact) mass is 450 g/mol. The van der Waals surface area contributed by atoms with E-state index < -0.39 is 6.04 Å². The summed E-state index contributed by atoms with van der Waals surface area (Å²) in [7, 11) is 0. The number of nitrogens with zero attached hydrogens (tertiary/aromatic N) is 2. The number of aromatic nitrogens is 1. The minimum Gasteiger partial charge on any atom is -0.394 e. The highest BCUT2D eigenvalue weighted by atomic mass is 16.3. The van der Waals surface area contributed by atoms with E-state index in [1.54, 1.807) is 0 Å². The van der Waals surface area contributed by atoms with Gasteiger partial charge in [0.2, 0.25) is 5.91 Å². The molecule has 178 valence electrons. The van der Waals surface area contributed by atoms with Crippen LogP contribution in [0.2, 0.25) is 0 Å². The second-order valence-corrected chi connectivity index (χ2v) is 11.0. The summed E-state index contributed by atoms with van der Waals surface area (Å²) in [6.45, 7) is 10.7. The molecular formula is C27H38N4O2. The number of carbonyl (C=O) groups is 1. The molecule has 0 spiro atoms. The largest absolute Gasteiger partial charge is 0.394 e. The van der Waals surface area contributed by atoms with Crippen molar-refractivity contribution in [3.8, 4) is 11.3 Å². The van der Waals surface area contributed by atoms with Gasteiger partial charge in [0.05, 0.1) is 12.3 Å². The lowest BCUT2D eigenvalue weighted by Gasteiger charge is -2.42. The maximum absolute atomic E-state index is 12.0. The number of fused-ring (bicyclic) bond motifs is 1. The molecule has 1 amide bonds. The fourth-order valence-electron chi connectivity index (χ4n) is 5.15. The molecule has 0 bridgehead atoms. The van der Waals surface area contributed by atoms with Crippen LogP contribution in [0.1, 0.15) is 64.5 Å². The first-order chi connectivity index (χ1) is 15.6. The minimum absolute atomic E-state index is 0.0840. The van der Waals surface area contributed by atoms with E-state index in [1.807, 2.05) is 0 Å². The third-order valence-corrected chi connectivity index (χ3v) is 7.58. The molecule has 1 atom stereocenters. The first kappa shape index (κ1) is 23.7. The number of hydrogen-bond acceptors (Lipinski definition) is 5. The van der Waals surface area contributed by atoms with Crippen LogP contribution in [0.3, 0.4) is 0 Å². The highest BCUT2D eigenvalue weighted by Crippen LogP contribution is 2.46. The Morgan fingerprint density at radius 1 is 1.12 bits per heavy atom. The van der Waals surface area contributed by atoms with Crippen molar-refractivity contribution in [3.05, 3.63) is 47.5 Å². The van der Waals surface area contributed by atoms with Crippen LogP contribution in [0.25, 0.3) is 11.3 Å². The normalized spacial score (nSPS) is 20.7. The Hall–Kier alpha value is -2.44. The molecule has 1 unspecified atom stereocenters. The number of aliphatic hydroxyl groups is 1. The number of rotatable bonds is 5. The van der Waals surface area contributed by atoms with Crippen molar-refractivity contribution < 1.29 is 9.90 Å². The van der Waals surface area contributed by atoms with Gasteiger partial charge in [0.1, 0.15) is 11.9 Å². The number of aliphatic hydroxyl groups excluding tert-OH is 1. The van der Waals surface area contributed by atoms with Gasteiger partial charge >= 0.3 is 0 Å². The van der Waals surface area contributed by atoms with Crippen LogP contribution in [0, 0.1) is 0 Å². The van der Waals surface area contributed by atoms with Crippen LogP contribution in [0.15, 0.2) is 36.4 Å². The smallest absolute Gasteiger partial charge is 0.239 e. The lowest BCUT2D eigenvalue weighted by atomic mass is 9.63. The van der Waals surface area contributed by atoms with Gasteiger partial charge in [0.15, 0.2) is 0 Å². The van der Waals surface area contributed by atoms with E-state index in [4.69, 9.17) is 15.8 Å². The Kier molecular flexibility index (Phi) is 6.52. The molecule has 33 heavy (non-hydrogen) atoms. The fraction of sp³-hybridized carbons (Fsp3) is 0.556. The number of nitrogens with two attached hydrogens (primary N) is 1. The predicted molar refractivity (Wildman–Crippen MR) is 133 cm³/mol. The highest BCUT2D eigenvalue weighted by Gasteiger charge is 2.37. The zero-order chi connectivity index (χ0) is 23.8. The van der Waals surface area contributed by atoms with Crippen molar-refractivity contribution in [2.45, 2.75) is 76.3 Å². The van der Waals surface area contributed by atoms with E-state index in [9.17, 15) is 4.79 Å². The quantitative estimate of drug-likeness (QED) is 0.649. The second-order valence-electron chi connectivity index (χ2n) is 11.0. The summed E-state index contributed by atoms with van der Waals surface area (Å²) in [5, 5.41) is 12.0. The molecule has 4 N–H and O–H groups in total. The van der Waals surface area contributed by atoms with E-state index in [0.717, 1.165) is 37.4 Å². The Bertz CT molecular complexity index is 1010.